The fraction of sp³-hybridized carbons (Fsp3) is 0.0667. The zero-order valence-electron chi connectivity index (χ0n) is 11.3. The molecule has 108 valence electrons. The van der Waals surface area contributed by atoms with Crippen LogP contribution in [0.3, 0.4) is 0 Å². The summed E-state index contributed by atoms with van der Waals surface area (Å²) in [5.41, 5.74) is 12.0. The van der Waals surface area contributed by atoms with E-state index in [9.17, 15) is 9.59 Å². The van der Waals surface area contributed by atoms with Crippen molar-refractivity contribution in [1.29, 1.82) is 0 Å². The number of nitrogen functional groups attached to an aromatic ring is 1. The minimum absolute atomic E-state index is 0.280. The van der Waals surface area contributed by atoms with E-state index < -0.39 is 11.9 Å². The molecule has 0 heterocycles. The van der Waals surface area contributed by atoms with Crippen molar-refractivity contribution in [2.75, 3.05) is 12.8 Å². The first-order valence-electron chi connectivity index (χ1n) is 6.07. The second-order valence-electron chi connectivity index (χ2n) is 4.24. The third-order valence-electron chi connectivity index (χ3n) is 2.78. The van der Waals surface area contributed by atoms with Gasteiger partial charge in [0, 0.05) is 5.56 Å². The highest BCUT2D eigenvalue weighted by Gasteiger charge is 2.10. The fourth-order valence-electron chi connectivity index (χ4n) is 1.73. The van der Waals surface area contributed by atoms with Gasteiger partial charge in [-0.05, 0) is 36.4 Å². The van der Waals surface area contributed by atoms with Crippen LogP contribution in [-0.2, 0) is 4.74 Å². The lowest BCUT2D eigenvalue weighted by atomic mass is 10.2. The maximum atomic E-state index is 11.4. The molecule has 0 saturated heterocycles. The summed E-state index contributed by atoms with van der Waals surface area (Å²) in [7, 11) is 1.29. The molecule has 6 nitrogen and oxygen atoms in total. The van der Waals surface area contributed by atoms with Gasteiger partial charge >= 0.3 is 5.97 Å². The van der Waals surface area contributed by atoms with E-state index in [-0.39, 0.29) is 5.69 Å². The second kappa shape index (κ2) is 5.96. The molecule has 0 aliphatic carbocycles. The average Bonchev–Trinajstić information content (AvgIpc) is 2.48. The van der Waals surface area contributed by atoms with Crippen molar-refractivity contribution in [2.24, 2.45) is 5.73 Å². The number of amides is 1. The largest absolute Gasteiger partial charge is 0.465 e. The molecule has 0 spiro atoms. The van der Waals surface area contributed by atoms with Gasteiger partial charge in [-0.1, -0.05) is 6.07 Å². The Labute approximate surface area is 121 Å². The number of anilines is 1. The van der Waals surface area contributed by atoms with E-state index in [0.29, 0.717) is 22.6 Å². The van der Waals surface area contributed by atoms with Gasteiger partial charge < -0.3 is 20.9 Å². The normalized spacial score (nSPS) is 9.95. The van der Waals surface area contributed by atoms with Crippen LogP contribution in [-0.4, -0.2) is 19.0 Å². The van der Waals surface area contributed by atoms with Crippen LogP contribution in [0.2, 0.25) is 0 Å². The first-order valence-corrected chi connectivity index (χ1v) is 6.07. The number of hydrogen-bond acceptors (Lipinski definition) is 5. The van der Waals surface area contributed by atoms with Crippen LogP contribution in [0.15, 0.2) is 42.5 Å². The second-order valence-corrected chi connectivity index (χ2v) is 4.24. The van der Waals surface area contributed by atoms with Crippen LogP contribution in [0.4, 0.5) is 5.69 Å². The molecule has 0 bridgehead atoms. The van der Waals surface area contributed by atoms with E-state index in [1.807, 2.05) is 0 Å². The van der Waals surface area contributed by atoms with Crippen LogP contribution in [0.5, 0.6) is 11.5 Å². The minimum Gasteiger partial charge on any atom is -0.465 e. The molecule has 0 aliphatic rings. The van der Waals surface area contributed by atoms with Crippen LogP contribution in [0.1, 0.15) is 20.7 Å². The van der Waals surface area contributed by atoms with E-state index in [2.05, 4.69) is 4.74 Å². The molecule has 0 unspecified atom stereocenters. The van der Waals surface area contributed by atoms with E-state index in [1.54, 1.807) is 24.3 Å². The number of hydrogen-bond donors (Lipinski definition) is 2. The number of carbonyl (C=O) groups excluding carboxylic acids is 2. The van der Waals surface area contributed by atoms with Crippen LogP contribution >= 0.6 is 0 Å². The van der Waals surface area contributed by atoms with Gasteiger partial charge in [-0.25, -0.2) is 4.79 Å². The van der Waals surface area contributed by atoms with Crippen molar-refractivity contribution in [2.45, 2.75) is 0 Å². The predicted molar refractivity (Wildman–Crippen MR) is 77.2 cm³/mol. The molecular formula is C15H14N2O4. The van der Waals surface area contributed by atoms with Crippen molar-refractivity contribution in [3.63, 3.8) is 0 Å². The van der Waals surface area contributed by atoms with Gasteiger partial charge in [0.2, 0.25) is 5.91 Å². The lowest BCUT2D eigenvalue weighted by Crippen LogP contribution is -2.10. The van der Waals surface area contributed by atoms with Gasteiger partial charge in [-0.2, -0.15) is 0 Å². The van der Waals surface area contributed by atoms with Crippen molar-refractivity contribution in [3.8, 4) is 11.5 Å². The lowest BCUT2D eigenvalue weighted by Gasteiger charge is -2.10. The number of esters is 1. The van der Waals surface area contributed by atoms with Gasteiger partial charge in [-0.3, -0.25) is 4.79 Å². The Balaban J connectivity index is 2.26. The Morgan fingerprint density at radius 1 is 1.05 bits per heavy atom. The number of benzene rings is 2. The molecular weight excluding hydrogens is 272 g/mol. The summed E-state index contributed by atoms with van der Waals surface area (Å²) in [6.45, 7) is 0. The Bertz CT molecular complexity index is 698. The third kappa shape index (κ3) is 3.30. The van der Waals surface area contributed by atoms with Crippen molar-refractivity contribution in [3.05, 3.63) is 53.6 Å². The number of ether oxygens (including phenoxy) is 2. The highest BCUT2D eigenvalue weighted by Crippen LogP contribution is 2.28. The topological polar surface area (TPSA) is 105 Å². The molecule has 2 aromatic carbocycles. The smallest absolute Gasteiger partial charge is 0.337 e. The highest BCUT2D eigenvalue weighted by molar-refractivity contribution is 5.93. The van der Waals surface area contributed by atoms with Crippen molar-refractivity contribution >= 4 is 17.6 Å². The Morgan fingerprint density at radius 3 is 2.43 bits per heavy atom. The summed E-state index contributed by atoms with van der Waals surface area (Å²) >= 11 is 0. The molecule has 0 saturated carbocycles. The molecule has 0 atom stereocenters. The Kier molecular flexibility index (Phi) is 4.08. The number of primary amides is 1. The maximum absolute atomic E-state index is 11.4. The summed E-state index contributed by atoms with van der Waals surface area (Å²) < 4.78 is 10.2. The van der Waals surface area contributed by atoms with Gasteiger partial charge in [0.1, 0.15) is 11.5 Å². The van der Waals surface area contributed by atoms with Crippen LogP contribution in [0.25, 0.3) is 0 Å². The van der Waals surface area contributed by atoms with E-state index >= 15 is 0 Å². The number of carbonyl (C=O) groups is 2. The molecule has 21 heavy (non-hydrogen) atoms. The first-order chi connectivity index (χ1) is 10.0. The highest BCUT2D eigenvalue weighted by atomic mass is 16.5. The van der Waals surface area contributed by atoms with E-state index in [0.717, 1.165) is 0 Å². The molecule has 0 aromatic heterocycles. The number of rotatable bonds is 4. The SMILES string of the molecule is COC(=O)c1ccc(Oc2cccc(C(N)=O)c2)c(N)c1. The molecule has 2 rings (SSSR count). The van der Waals surface area contributed by atoms with Crippen LogP contribution < -0.4 is 16.2 Å². The first kappa shape index (κ1) is 14.4. The van der Waals surface area contributed by atoms with Gasteiger partial charge in [-0.15, -0.1) is 0 Å². The fourth-order valence-corrected chi connectivity index (χ4v) is 1.73. The monoisotopic (exact) mass is 286 g/mol. The van der Waals surface area contributed by atoms with Gasteiger partial charge in [0.25, 0.3) is 0 Å². The number of nitrogens with two attached hydrogens (primary N) is 2. The molecule has 6 heteroatoms. The maximum Gasteiger partial charge on any atom is 0.337 e. The lowest BCUT2D eigenvalue weighted by molar-refractivity contribution is 0.0600. The standard InChI is InChI=1S/C15H14N2O4/c1-20-15(19)10-5-6-13(12(16)8-10)21-11-4-2-3-9(7-11)14(17)18/h2-8H,16H2,1H3,(H2,17,18). The van der Waals surface area contributed by atoms with E-state index in [1.165, 1.54) is 25.3 Å². The number of methoxy groups -OCH3 is 1. The molecule has 0 aliphatic heterocycles. The summed E-state index contributed by atoms with van der Waals surface area (Å²) in [5.74, 6) is -0.244. The minimum atomic E-state index is -0.547. The average molecular weight is 286 g/mol. The van der Waals surface area contributed by atoms with Gasteiger partial charge in [0.05, 0.1) is 18.4 Å². The van der Waals surface area contributed by atoms with Crippen molar-refractivity contribution in [1.82, 2.24) is 0 Å². The van der Waals surface area contributed by atoms with E-state index in [4.69, 9.17) is 16.2 Å². The van der Waals surface area contributed by atoms with Gasteiger partial charge in [0.15, 0.2) is 0 Å². The summed E-state index contributed by atoms with van der Waals surface area (Å²) in [6.07, 6.45) is 0. The Morgan fingerprint density at radius 2 is 1.81 bits per heavy atom. The molecule has 0 radical (unpaired) electrons. The summed E-state index contributed by atoms with van der Waals surface area (Å²) in [4.78, 5) is 22.5. The molecule has 1 amide bonds. The third-order valence-corrected chi connectivity index (χ3v) is 2.78. The van der Waals surface area contributed by atoms with Crippen molar-refractivity contribution < 1.29 is 19.1 Å². The molecule has 2 aromatic rings. The molecule has 4 N–H and O–H groups in total. The predicted octanol–water partition coefficient (Wildman–Crippen LogP) is 1.95. The quantitative estimate of drug-likeness (QED) is 0.660. The zero-order chi connectivity index (χ0) is 15.4. The summed E-state index contributed by atoms with van der Waals surface area (Å²) in [5, 5.41) is 0. The molecule has 0 fully saturated rings. The zero-order valence-corrected chi connectivity index (χ0v) is 11.3. The summed E-state index contributed by atoms with van der Waals surface area (Å²) in [6, 6.07) is 11.0. The van der Waals surface area contributed by atoms with Crippen LogP contribution in [0, 0.1) is 0 Å². The Hall–Kier alpha value is -3.02.